The lowest BCUT2D eigenvalue weighted by Crippen LogP contribution is -2.41. The Kier molecular flexibility index (Phi) is 21.1. The van der Waals surface area contributed by atoms with E-state index in [0.717, 1.165) is 5.92 Å². The zero-order valence-corrected chi connectivity index (χ0v) is 19.1. The van der Waals surface area contributed by atoms with Crippen molar-refractivity contribution in [1.82, 2.24) is 9.80 Å². The van der Waals surface area contributed by atoms with Gasteiger partial charge in [0.1, 0.15) is 0 Å². The van der Waals surface area contributed by atoms with Gasteiger partial charge in [0.05, 0.1) is 0 Å². The summed E-state index contributed by atoms with van der Waals surface area (Å²) in [7, 11) is 4.36. The maximum Gasteiger partial charge on any atom is 0.0138 e. The summed E-state index contributed by atoms with van der Waals surface area (Å²) in [5.41, 5.74) is 5.99. The van der Waals surface area contributed by atoms with Gasteiger partial charge in [0, 0.05) is 18.6 Å². The molecule has 3 heteroatoms. The van der Waals surface area contributed by atoms with Gasteiger partial charge in [0.15, 0.2) is 0 Å². The summed E-state index contributed by atoms with van der Waals surface area (Å²) in [6, 6.07) is 0. The molecule has 150 valence electrons. The number of piperidine rings is 1. The molecular weight excluding hydrogens is 294 g/mol. The predicted octanol–water partition coefficient (Wildman–Crippen LogP) is 5.10. The van der Waals surface area contributed by atoms with Gasteiger partial charge >= 0.3 is 0 Å². The second-order valence-electron chi connectivity index (χ2n) is 7.08. The van der Waals surface area contributed by atoms with Crippen molar-refractivity contribution in [3.8, 4) is 0 Å². The zero-order chi connectivity index (χ0) is 19.8. The topological polar surface area (TPSA) is 32.5 Å². The van der Waals surface area contributed by atoms with Crippen LogP contribution in [-0.4, -0.2) is 55.6 Å². The third kappa shape index (κ3) is 15.4. The van der Waals surface area contributed by atoms with Gasteiger partial charge in [-0.15, -0.1) is 0 Å². The lowest BCUT2D eigenvalue weighted by atomic mass is 9.88. The fraction of sp³-hybridized carbons (Fsp3) is 1.00. The van der Waals surface area contributed by atoms with Crippen LogP contribution in [-0.2, 0) is 0 Å². The van der Waals surface area contributed by atoms with Crippen molar-refractivity contribution < 1.29 is 0 Å². The molecule has 0 aliphatic carbocycles. The van der Waals surface area contributed by atoms with E-state index in [2.05, 4.69) is 44.7 Å². The summed E-state index contributed by atoms with van der Waals surface area (Å²) >= 11 is 0. The van der Waals surface area contributed by atoms with Crippen molar-refractivity contribution in [2.75, 3.05) is 40.3 Å². The Bertz CT molecular complexity index is 228. The highest BCUT2D eigenvalue weighted by atomic mass is 15.1. The molecule has 0 aromatic carbocycles. The van der Waals surface area contributed by atoms with E-state index in [1.165, 1.54) is 45.4 Å². The first-order valence-corrected chi connectivity index (χ1v) is 10.4. The monoisotopic (exact) mass is 345 g/mol. The van der Waals surface area contributed by atoms with Crippen LogP contribution >= 0.6 is 0 Å². The molecule has 0 amide bonds. The van der Waals surface area contributed by atoms with Crippen LogP contribution < -0.4 is 5.73 Å². The fourth-order valence-electron chi connectivity index (χ4n) is 2.97. The predicted molar refractivity (Wildman–Crippen MR) is 114 cm³/mol. The molecule has 0 aromatic heterocycles. The van der Waals surface area contributed by atoms with Crippen LogP contribution in [0, 0.1) is 11.8 Å². The van der Waals surface area contributed by atoms with Crippen molar-refractivity contribution >= 4 is 0 Å². The quantitative estimate of drug-likeness (QED) is 0.717. The molecule has 2 aliphatic heterocycles. The Labute approximate surface area is 155 Å². The Hall–Kier alpha value is -0.120. The molecule has 2 rings (SSSR count). The maximum atomic E-state index is 5.98. The lowest BCUT2D eigenvalue weighted by molar-refractivity contribution is 0.221. The van der Waals surface area contributed by atoms with E-state index in [0.29, 0.717) is 5.92 Å². The Morgan fingerprint density at radius 1 is 0.792 bits per heavy atom. The summed E-state index contributed by atoms with van der Waals surface area (Å²) in [6.45, 7) is 23.6. The molecule has 24 heavy (non-hydrogen) atoms. The highest BCUT2D eigenvalue weighted by Gasteiger charge is 2.30. The van der Waals surface area contributed by atoms with Crippen molar-refractivity contribution in [2.24, 2.45) is 17.6 Å². The first kappa shape index (κ1) is 28.7. The van der Waals surface area contributed by atoms with Gasteiger partial charge in [0.2, 0.25) is 0 Å². The van der Waals surface area contributed by atoms with Crippen molar-refractivity contribution in [2.45, 2.75) is 87.1 Å². The lowest BCUT2D eigenvalue weighted by Gasteiger charge is -2.26. The van der Waals surface area contributed by atoms with Gasteiger partial charge in [-0.25, -0.2) is 0 Å². The summed E-state index contributed by atoms with van der Waals surface area (Å²) < 4.78 is 0. The standard InChI is InChI=1S/C8H18N2.C7H15N.3C2H6/c1-8(2,9)7-4-5-10(3)6-7;1-7-4-3-5-8(2)6-7;3*1-2/h7H,4-6,9H2,1-3H3;7H,3-6H2,1-2H3;3*1-2H3/t2*7-;;;/m10.../s1. The molecular formula is C21H51N3. The number of likely N-dealkylation sites (tertiary alicyclic amines) is 2. The van der Waals surface area contributed by atoms with Crippen LogP contribution in [0.2, 0.25) is 0 Å². The van der Waals surface area contributed by atoms with Crippen LogP contribution in [0.4, 0.5) is 0 Å². The molecule has 2 saturated heterocycles. The molecule has 2 heterocycles. The van der Waals surface area contributed by atoms with Crippen molar-refractivity contribution in [1.29, 1.82) is 0 Å². The van der Waals surface area contributed by atoms with Gasteiger partial charge in [-0.3, -0.25) is 0 Å². The van der Waals surface area contributed by atoms with E-state index in [9.17, 15) is 0 Å². The average Bonchev–Trinajstić information content (AvgIpc) is 3.00. The maximum absolute atomic E-state index is 5.98. The largest absolute Gasteiger partial charge is 0.325 e. The van der Waals surface area contributed by atoms with Crippen LogP contribution in [0.5, 0.6) is 0 Å². The molecule has 0 bridgehead atoms. The normalized spacial score (nSPS) is 24.0. The molecule has 3 nitrogen and oxygen atoms in total. The van der Waals surface area contributed by atoms with E-state index in [1.54, 1.807) is 0 Å². The highest BCUT2D eigenvalue weighted by molar-refractivity contribution is 4.88. The molecule has 2 atom stereocenters. The summed E-state index contributed by atoms with van der Waals surface area (Å²) in [5.74, 6) is 1.63. The minimum Gasteiger partial charge on any atom is -0.325 e. The smallest absolute Gasteiger partial charge is 0.0138 e. The number of hydrogen-bond donors (Lipinski definition) is 1. The Morgan fingerprint density at radius 2 is 1.25 bits per heavy atom. The first-order valence-electron chi connectivity index (χ1n) is 10.4. The van der Waals surface area contributed by atoms with Crippen LogP contribution in [0.1, 0.15) is 81.6 Å². The third-order valence-electron chi connectivity index (χ3n) is 4.30. The van der Waals surface area contributed by atoms with Gasteiger partial charge < -0.3 is 15.5 Å². The summed E-state index contributed by atoms with van der Waals surface area (Å²) in [4.78, 5) is 4.76. The molecule has 0 saturated carbocycles. The molecule has 2 fully saturated rings. The van der Waals surface area contributed by atoms with Crippen LogP contribution in [0.3, 0.4) is 0 Å². The van der Waals surface area contributed by atoms with Crippen molar-refractivity contribution in [3.63, 3.8) is 0 Å². The molecule has 0 unspecified atom stereocenters. The van der Waals surface area contributed by atoms with Gasteiger partial charge in [-0.05, 0) is 72.1 Å². The Balaban J connectivity index is -0.000000284. The van der Waals surface area contributed by atoms with E-state index < -0.39 is 0 Å². The van der Waals surface area contributed by atoms with Gasteiger partial charge in [-0.1, -0.05) is 48.5 Å². The number of nitrogens with zero attached hydrogens (tertiary/aromatic N) is 2. The van der Waals surface area contributed by atoms with E-state index in [-0.39, 0.29) is 5.54 Å². The van der Waals surface area contributed by atoms with E-state index in [4.69, 9.17) is 5.73 Å². The van der Waals surface area contributed by atoms with E-state index in [1.807, 2.05) is 41.5 Å². The minimum absolute atomic E-state index is 0.0186. The number of nitrogens with two attached hydrogens (primary N) is 1. The minimum atomic E-state index is 0.0186. The van der Waals surface area contributed by atoms with Gasteiger partial charge in [0.25, 0.3) is 0 Å². The number of hydrogen-bond acceptors (Lipinski definition) is 3. The summed E-state index contributed by atoms with van der Waals surface area (Å²) in [5, 5.41) is 0. The molecule has 2 N–H and O–H groups in total. The van der Waals surface area contributed by atoms with Crippen LogP contribution in [0.25, 0.3) is 0 Å². The molecule has 0 spiro atoms. The molecule has 0 aromatic rings. The van der Waals surface area contributed by atoms with Gasteiger partial charge in [-0.2, -0.15) is 0 Å². The SMILES string of the molecule is CC.CC.CC.CN1CC[C@@H](C(C)(C)N)C1.C[C@H]1CCCN(C)C1. The van der Waals surface area contributed by atoms with E-state index >= 15 is 0 Å². The fourth-order valence-corrected chi connectivity index (χ4v) is 2.97. The molecule has 2 aliphatic rings. The highest BCUT2D eigenvalue weighted by Crippen LogP contribution is 2.23. The second kappa shape index (κ2) is 17.7. The summed E-state index contributed by atoms with van der Waals surface area (Å²) in [6.07, 6.45) is 4.10. The average molecular weight is 346 g/mol. The second-order valence-corrected chi connectivity index (χ2v) is 7.08. The van der Waals surface area contributed by atoms with Crippen LogP contribution in [0.15, 0.2) is 0 Å². The molecule has 0 radical (unpaired) electrons. The van der Waals surface area contributed by atoms with Crippen molar-refractivity contribution in [3.05, 3.63) is 0 Å². The first-order chi connectivity index (χ1) is 11.3. The number of rotatable bonds is 1. The zero-order valence-electron chi connectivity index (χ0n) is 19.1. The third-order valence-corrected chi connectivity index (χ3v) is 4.30. The Morgan fingerprint density at radius 3 is 1.46 bits per heavy atom.